The molecule has 2 rings (SSSR count). The number of alkyl halides is 2. The third-order valence-electron chi connectivity index (χ3n) is 3.37. The van der Waals surface area contributed by atoms with Crippen molar-refractivity contribution in [3.05, 3.63) is 29.3 Å². The maximum absolute atomic E-state index is 13.0. The Bertz CT molecular complexity index is 506. The number of rotatable bonds is 4. The first kappa shape index (κ1) is 14.7. The molecule has 20 heavy (non-hydrogen) atoms. The molecule has 0 radical (unpaired) electrons. The summed E-state index contributed by atoms with van der Waals surface area (Å²) < 4.78 is 31.2. The molecule has 0 saturated carbocycles. The second kappa shape index (κ2) is 5.75. The second-order valence-corrected chi connectivity index (χ2v) is 5.02. The molecular weight excluding hydrogens is 266 g/mol. The number of carbonyl (C=O) groups is 1. The first-order valence-electron chi connectivity index (χ1n) is 6.44. The molecule has 0 aromatic heterocycles. The van der Waals surface area contributed by atoms with E-state index in [-0.39, 0.29) is 0 Å². The van der Waals surface area contributed by atoms with Gasteiger partial charge >= 0.3 is 0 Å². The molecule has 0 spiro atoms. The van der Waals surface area contributed by atoms with E-state index >= 15 is 0 Å². The monoisotopic (exact) mass is 284 g/mol. The summed E-state index contributed by atoms with van der Waals surface area (Å²) in [7, 11) is 1.58. The van der Waals surface area contributed by atoms with Crippen molar-refractivity contribution in [1.29, 1.82) is 0 Å². The normalized spacial score (nSPS) is 20.7. The average Bonchev–Trinajstić information content (AvgIpc) is 2.78. The Morgan fingerprint density at radius 2 is 2.30 bits per heavy atom. The van der Waals surface area contributed by atoms with Gasteiger partial charge in [-0.25, -0.2) is 8.78 Å². The Morgan fingerprint density at radius 1 is 1.55 bits per heavy atom. The Kier molecular flexibility index (Phi) is 4.23. The van der Waals surface area contributed by atoms with Crippen molar-refractivity contribution in [2.75, 3.05) is 13.7 Å². The Hall–Kier alpha value is -1.69. The van der Waals surface area contributed by atoms with E-state index in [1.54, 1.807) is 7.11 Å². The first-order valence-corrected chi connectivity index (χ1v) is 6.44. The topological polar surface area (TPSA) is 50.4 Å². The van der Waals surface area contributed by atoms with Gasteiger partial charge in [-0.2, -0.15) is 0 Å². The van der Waals surface area contributed by atoms with Gasteiger partial charge in [0.05, 0.1) is 19.7 Å². The summed E-state index contributed by atoms with van der Waals surface area (Å²) in [6, 6.07) is 4.76. The molecule has 1 aliphatic heterocycles. The van der Waals surface area contributed by atoms with Crippen LogP contribution in [-0.4, -0.2) is 31.5 Å². The van der Waals surface area contributed by atoms with Gasteiger partial charge in [-0.05, 0) is 24.1 Å². The van der Waals surface area contributed by atoms with E-state index in [0.717, 1.165) is 16.9 Å². The molecule has 1 unspecified atom stereocenters. The number of benzene rings is 1. The molecule has 1 heterocycles. The standard InChI is InChI=1S/C14H18F2N2O2/c1-9-3-4-10(5-12(9)20-2)7-17-13(19)11-6-14(15,16)8-18-11/h3-5,11,18H,6-8H2,1-2H3,(H,17,19). The predicted octanol–water partition coefficient (Wildman–Crippen LogP) is 1.62. The van der Waals surface area contributed by atoms with E-state index in [4.69, 9.17) is 4.74 Å². The van der Waals surface area contributed by atoms with Crippen LogP contribution in [0.2, 0.25) is 0 Å². The molecule has 110 valence electrons. The van der Waals surface area contributed by atoms with Gasteiger partial charge in [0.25, 0.3) is 5.92 Å². The minimum Gasteiger partial charge on any atom is -0.496 e. The number of aryl methyl sites for hydroxylation is 1. The van der Waals surface area contributed by atoms with Crippen molar-refractivity contribution in [3.8, 4) is 5.75 Å². The lowest BCUT2D eigenvalue weighted by Crippen LogP contribution is -2.40. The summed E-state index contributed by atoms with van der Waals surface area (Å²) in [5.74, 6) is -2.46. The van der Waals surface area contributed by atoms with E-state index in [0.29, 0.717) is 6.54 Å². The van der Waals surface area contributed by atoms with Crippen LogP contribution in [0.3, 0.4) is 0 Å². The van der Waals surface area contributed by atoms with Gasteiger partial charge in [-0.3, -0.25) is 10.1 Å². The summed E-state index contributed by atoms with van der Waals surface area (Å²) in [6.07, 6.45) is -0.448. The maximum atomic E-state index is 13.0. The van der Waals surface area contributed by atoms with Gasteiger partial charge in [0.2, 0.25) is 5.91 Å². The van der Waals surface area contributed by atoms with Crippen LogP contribution >= 0.6 is 0 Å². The number of hydrogen-bond acceptors (Lipinski definition) is 3. The summed E-state index contributed by atoms with van der Waals surface area (Å²) >= 11 is 0. The smallest absolute Gasteiger partial charge is 0.262 e. The van der Waals surface area contributed by atoms with Crippen molar-refractivity contribution in [1.82, 2.24) is 10.6 Å². The Labute approximate surface area is 116 Å². The zero-order chi connectivity index (χ0) is 14.8. The summed E-state index contributed by atoms with van der Waals surface area (Å²) in [5, 5.41) is 5.19. The van der Waals surface area contributed by atoms with Crippen LogP contribution in [0, 0.1) is 6.92 Å². The van der Waals surface area contributed by atoms with Gasteiger partial charge < -0.3 is 10.1 Å². The molecule has 1 aromatic rings. The van der Waals surface area contributed by atoms with Gasteiger partial charge in [-0.15, -0.1) is 0 Å². The van der Waals surface area contributed by atoms with Crippen LogP contribution in [0.5, 0.6) is 5.75 Å². The van der Waals surface area contributed by atoms with Crippen LogP contribution in [-0.2, 0) is 11.3 Å². The van der Waals surface area contributed by atoms with Crippen molar-refractivity contribution >= 4 is 5.91 Å². The molecule has 1 fully saturated rings. The van der Waals surface area contributed by atoms with Crippen molar-refractivity contribution in [3.63, 3.8) is 0 Å². The third kappa shape index (κ3) is 3.45. The second-order valence-electron chi connectivity index (χ2n) is 5.02. The molecule has 0 aliphatic carbocycles. The molecule has 1 aliphatic rings. The zero-order valence-corrected chi connectivity index (χ0v) is 11.5. The molecule has 6 heteroatoms. The largest absolute Gasteiger partial charge is 0.496 e. The van der Waals surface area contributed by atoms with Crippen LogP contribution < -0.4 is 15.4 Å². The lowest BCUT2D eigenvalue weighted by atomic mass is 10.1. The number of carbonyl (C=O) groups excluding carboxylic acids is 1. The van der Waals surface area contributed by atoms with Crippen LogP contribution in [0.15, 0.2) is 18.2 Å². The molecule has 1 atom stereocenters. The number of amides is 1. The maximum Gasteiger partial charge on any atom is 0.262 e. The molecule has 1 saturated heterocycles. The van der Waals surface area contributed by atoms with Gasteiger partial charge in [0.15, 0.2) is 0 Å². The molecular formula is C14H18F2N2O2. The molecule has 1 amide bonds. The molecule has 1 aromatic carbocycles. The highest BCUT2D eigenvalue weighted by Crippen LogP contribution is 2.25. The fourth-order valence-electron chi connectivity index (χ4n) is 2.19. The number of nitrogens with one attached hydrogen (secondary N) is 2. The number of hydrogen-bond donors (Lipinski definition) is 2. The molecule has 0 bridgehead atoms. The van der Waals surface area contributed by atoms with E-state index in [1.807, 2.05) is 25.1 Å². The van der Waals surface area contributed by atoms with Gasteiger partial charge in [0, 0.05) is 13.0 Å². The van der Waals surface area contributed by atoms with Gasteiger partial charge in [-0.1, -0.05) is 12.1 Å². The Morgan fingerprint density at radius 3 is 2.90 bits per heavy atom. The quantitative estimate of drug-likeness (QED) is 0.883. The van der Waals surface area contributed by atoms with E-state index in [2.05, 4.69) is 10.6 Å². The molecule has 4 nitrogen and oxygen atoms in total. The Balaban J connectivity index is 1.91. The predicted molar refractivity (Wildman–Crippen MR) is 70.9 cm³/mol. The number of ether oxygens (including phenoxy) is 1. The average molecular weight is 284 g/mol. The summed E-state index contributed by atoms with van der Waals surface area (Å²) in [6.45, 7) is 1.77. The van der Waals surface area contributed by atoms with Gasteiger partial charge in [0.1, 0.15) is 5.75 Å². The first-order chi connectivity index (χ1) is 9.41. The number of methoxy groups -OCH3 is 1. The van der Waals surface area contributed by atoms with Crippen molar-refractivity contribution in [2.24, 2.45) is 0 Å². The highest BCUT2D eigenvalue weighted by Gasteiger charge is 2.42. The SMILES string of the molecule is COc1cc(CNC(=O)C2CC(F)(F)CN2)ccc1C. The van der Waals surface area contributed by atoms with E-state index in [1.165, 1.54) is 0 Å². The fourth-order valence-corrected chi connectivity index (χ4v) is 2.19. The lowest BCUT2D eigenvalue weighted by Gasteiger charge is -2.12. The third-order valence-corrected chi connectivity index (χ3v) is 3.37. The van der Waals surface area contributed by atoms with E-state index in [9.17, 15) is 13.6 Å². The highest BCUT2D eigenvalue weighted by molar-refractivity contribution is 5.82. The van der Waals surface area contributed by atoms with E-state index < -0.39 is 30.8 Å². The lowest BCUT2D eigenvalue weighted by molar-refractivity contribution is -0.123. The minimum absolute atomic E-state index is 0.291. The molecule has 2 N–H and O–H groups in total. The summed E-state index contributed by atoms with van der Waals surface area (Å²) in [4.78, 5) is 11.8. The van der Waals surface area contributed by atoms with Crippen LogP contribution in [0.25, 0.3) is 0 Å². The zero-order valence-electron chi connectivity index (χ0n) is 11.5. The fraction of sp³-hybridized carbons (Fsp3) is 0.500. The van der Waals surface area contributed by atoms with Crippen molar-refractivity contribution < 1.29 is 18.3 Å². The van der Waals surface area contributed by atoms with Crippen LogP contribution in [0.4, 0.5) is 8.78 Å². The summed E-state index contributed by atoms with van der Waals surface area (Å²) in [5.41, 5.74) is 1.87. The van der Waals surface area contributed by atoms with Crippen LogP contribution in [0.1, 0.15) is 17.5 Å². The number of halogens is 2. The minimum atomic E-state index is -2.80. The van der Waals surface area contributed by atoms with Crippen molar-refractivity contribution in [2.45, 2.75) is 31.9 Å². The highest BCUT2D eigenvalue weighted by atomic mass is 19.3.